The van der Waals surface area contributed by atoms with Gasteiger partial charge < -0.3 is 5.73 Å². The Hall–Kier alpha value is -3.02. The number of nitrogens with zero attached hydrogens (tertiary/aromatic N) is 2. The number of rotatable bonds is 2. The predicted octanol–water partition coefficient (Wildman–Crippen LogP) is 1.06. The van der Waals surface area contributed by atoms with Gasteiger partial charge in [0.05, 0.1) is 5.57 Å². The molecule has 6 heteroatoms. The van der Waals surface area contributed by atoms with Crippen LogP contribution < -0.4 is 21.7 Å². The van der Waals surface area contributed by atoms with E-state index in [2.05, 4.69) is 15.8 Å². The van der Waals surface area contributed by atoms with Crippen molar-refractivity contribution in [2.75, 3.05) is 10.9 Å². The largest absolute Gasteiger partial charge is 0.399 e. The first kappa shape index (κ1) is 12.0. The lowest BCUT2D eigenvalue weighted by Crippen LogP contribution is -2.53. The molecule has 0 bridgehead atoms. The zero-order chi connectivity index (χ0) is 13.9. The lowest BCUT2D eigenvalue weighted by Gasteiger charge is -2.28. The molecule has 3 rings (SSSR count). The number of nitrogens with one attached hydrogen (secondary N) is 2. The van der Waals surface area contributed by atoms with Crippen molar-refractivity contribution in [3.63, 3.8) is 0 Å². The molecule has 1 aliphatic heterocycles. The Bertz CT molecular complexity index is 651. The number of nitrogen functional groups attached to an aromatic ring is 1. The maximum absolute atomic E-state index is 12.1. The SMILES string of the molecule is Nc1ccc(C2=CNN(c3ccccn3)NC2=O)cc1. The van der Waals surface area contributed by atoms with E-state index in [1.807, 2.05) is 12.1 Å². The zero-order valence-electron chi connectivity index (χ0n) is 10.6. The lowest BCUT2D eigenvalue weighted by atomic mass is 10.1. The number of aromatic nitrogens is 1. The number of benzene rings is 1. The number of hydrogen-bond acceptors (Lipinski definition) is 5. The van der Waals surface area contributed by atoms with Gasteiger partial charge in [-0.1, -0.05) is 18.2 Å². The fraction of sp³-hybridized carbons (Fsp3) is 0. The molecule has 0 saturated carbocycles. The second kappa shape index (κ2) is 4.93. The van der Waals surface area contributed by atoms with Gasteiger partial charge in [-0.05, 0) is 29.8 Å². The monoisotopic (exact) mass is 267 g/mol. The first-order valence-corrected chi connectivity index (χ1v) is 6.08. The third kappa shape index (κ3) is 2.26. The molecule has 1 aromatic heterocycles. The molecule has 100 valence electrons. The van der Waals surface area contributed by atoms with E-state index in [0.29, 0.717) is 17.1 Å². The van der Waals surface area contributed by atoms with Gasteiger partial charge in [0.15, 0.2) is 5.82 Å². The van der Waals surface area contributed by atoms with Gasteiger partial charge in [-0.3, -0.25) is 10.2 Å². The third-order valence-electron chi connectivity index (χ3n) is 2.90. The second-order valence-electron chi connectivity index (χ2n) is 4.27. The molecule has 20 heavy (non-hydrogen) atoms. The molecule has 0 unspecified atom stereocenters. The summed E-state index contributed by atoms with van der Waals surface area (Å²) in [5, 5.41) is 1.46. The molecule has 1 aromatic carbocycles. The van der Waals surface area contributed by atoms with Crippen molar-refractivity contribution in [3.05, 3.63) is 60.4 Å². The summed E-state index contributed by atoms with van der Waals surface area (Å²) in [6.07, 6.45) is 3.29. The first-order valence-electron chi connectivity index (χ1n) is 6.08. The third-order valence-corrected chi connectivity index (χ3v) is 2.90. The molecule has 4 N–H and O–H groups in total. The molecule has 2 heterocycles. The van der Waals surface area contributed by atoms with Crippen LogP contribution in [0.2, 0.25) is 0 Å². The normalized spacial score (nSPS) is 14.3. The highest BCUT2D eigenvalue weighted by Gasteiger charge is 2.20. The van der Waals surface area contributed by atoms with Crippen molar-refractivity contribution in [1.82, 2.24) is 15.8 Å². The minimum atomic E-state index is -0.209. The number of anilines is 2. The second-order valence-corrected chi connectivity index (χ2v) is 4.27. The lowest BCUT2D eigenvalue weighted by molar-refractivity contribution is -0.116. The predicted molar refractivity (Wildman–Crippen MR) is 76.8 cm³/mol. The fourth-order valence-electron chi connectivity index (χ4n) is 1.88. The van der Waals surface area contributed by atoms with Gasteiger partial charge in [-0.2, -0.15) is 5.12 Å². The van der Waals surface area contributed by atoms with Crippen LogP contribution in [0.25, 0.3) is 5.57 Å². The fourth-order valence-corrected chi connectivity index (χ4v) is 1.88. The number of amides is 1. The van der Waals surface area contributed by atoms with E-state index in [1.54, 1.807) is 42.7 Å². The van der Waals surface area contributed by atoms with Gasteiger partial charge in [-0.15, -0.1) is 0 Å². The Morgan fingerprint density at radius 3 is 2.55 bits per heavy atom. The summed E-state index contributed by atoms with van der Waals surface area (Å²) in [6, 6.07) is 12.6. The van der Waals surface area contributed by atoms with Gasteiger partial charge in [-0.25, -0.2) is 10.4 Å². The van der Waals surface area contributed by atoms with Crippen LogP contribution in [0.15, 0.2) is 54.9 Å². The van der Waals surface area contributed by atoms with Crippen LogP contribution in [0, 0.1) is 0 Å². The molecule has 0 fully saturated rings. The molecule has 1 aliphatic rings. The number of carbonyl (C=O) groups excluding carboxylic acids is 1. The Kier molecular flexibility index (Phi) is 2.96. The van der Waals surface area contributed by atoms with Crippen LogP contribution in [0.5, 0.6) is 0 Å². The van der Waals surface area contributed by atoms with Crippen LogP contribution in [0.1, 0.15) is 5.56 Å². The molecule has 0 radical (unpaired) electrons. The standard InChI is InChI=1S/C14H13N5O/c15-11-6-4-10(5-7-11)12-9-17-19(18-14(12)20)13-3-1-2-8-16-13/h1-9,17H,15H2,(H,18,20). The van der Waals surface area contributed by atoms with E-state index < -0.39 is 0 Å². The Morgan fingerprint density at radius 2 is 1.90 bits per heavy atom. The molecule has 0 saturated heterocycles. The number of hydrazine groups is 2. The topological polar surface area (TPSA) is 83.3 Å². The first-order chi connectivity index (χ1) is 9.74. The Balaban J connectivity index is 1.85. The van der Waals surface area contributed by atoms with Crippen LogP contribution in [0.3, 0.4) is 0 Å². The summed E-state index contributed by atoms with van der Waals surface area (Å²) < 4.78 is 0. The average Bonchev–Trinajstić information content (AvgIpc) is 2.49. The minimum Gasteiger partial charge on any atom is -0.399 e. The van der Waals surface area contributed by atoms with Crippen molar-refractivity contribution in [3.8, 4) is 0 Å². The van der Waals surface area contributed by atoms with Crippen LogP contribution in [-0.4, -0.2) is 10.9 Å². The van der Waals surface area contributed by atoms with Gasteiger partial charge in [0.2, 0.25) is 0 Å². The number of carbonyl (C=O) groups is 1. The van der Waals surface area contributed by atoms with Crippen LogP contribution in [-0.2, 0) is 4.79 Å². The molecular weight excluding hydrogens is 254 g/mol. The van der Waals surface area contributed by atoms with E-state index >= 15 is 0 Å². The van der Waals surface area contributed by atoms with Gasteiger partial charge in [0.1, 0.15) is 0 Å². The van der Waals surface area contributed by atoms with Crippen molar-refractivity contribution in [1.29, 1.82) is 0 Å². The molecular formula is C14H13N5O. The smallest absolute Gasteiger partial charge is 0.273 e. The van der Waals surface area contributed by atoms with Crippen molar-refractivity contribution < 1.29 is 4.79 Å². The van der Waals surface area contributed by atoms with Crippen LogP contribution in [0.4, 0.5) is 11.5 Å². The molecule has 1 amide bonds. The summed E-state index contributed by atoms with van der Waals surface area (Å²) in [5.41, 5.74) is 13.3. The average molecular weight is 267 g/mol. The van der Waals surface area contributed by atoms with Crippen molar-refractivity contribution in [2.24, 2.45) is 0 Å². The summed E-state index contributed by atoms with van der Waals surface area (Å²) in [6.45, 7) is 0. The Morgan fingerprint density at radius 1 is 1.10 bits per heavy atom. The quantitative estimate of drug-likeness (QED) is 0.709. The molecule has 2 aromatic rings. The van der Waals surface area contributed by atoms with Gasteiger partial charge in [0.25, 0.3) is 5.91 Å². The maximum Gasteiger partial charge on any atom is 0.273 e. The molecule has 0 spiro atoms. The van der Waals surface area contributed by atoms with Gasteiger partial charge in [0, 0.05) is 18.1 Å². The number of nitrogens with two attached hydrogens (primary N) is 1. The summed E-state index contributed by atoms with van der Waals surface area (Å²) in [7, 11) is 0. The van der Waals surface area contributed by atoms with Gasteiger partial charge >= 0.3 is 0 Å². The van der Waals surface area contributed by atoms with E-state index in [0.717, 1.165) is 5.56 Å². The van der Waals surface area contributed by atoms with E-state index in [-0.39, 0.29) is 5.91 Å². The highest BCUT2D eigenvalue weighted by atomic mass is 16.2. The molecule has 0 aliphatic carbocycles. The highest BCUT2D eigenvalue weighted by molar-refractivity contribution is 6.20. The van der Waals surface area contributed by atoms with Crippen LogP contribution >= 0.6 is 0 Å². The highest BCUT2D eigenvalue weighted by Crippen LogP contribution is 2.18. The summed E-state index contributed by atoms with van der Waals surface area (Å²) in [4.78, 5) is 16.3. The Labute approximate surface area is 115 Å². The molecule has 6 nitrogen and oxygen atoms in total. The van der Waals surface area contributed by atoms with E-state index in [4.69, 9.17) is 5.73 Å². The number of pyridine rings is 1. The molecule has 0 atom stereocenters. The zero-order valence-corrected chi connectivity index (χ0v) is 10.6. The van der Waals surface area contributed by atoms with E-state index in [1.165, 1.54) is 5.12 Å². The maximum atomic E-state index is 12.1. The minimum absolute atomic E-state index is 0.209. The summed E-state index contributed by atoms with van der Waals surface area (Å²) in [5.74, 6) is 0.396. The van der Waals surface area contributed by atoms with E-state index in [9.17, 15) is 4.79 Å². The number of hydrogen-bond donors (Lipinski definition) is 3. The van der Waals surface area contributed by atoms with Crippen molar-refractivity contribution in [2.45, 2.75) is 0 Å². The van der Waals surface area contributed by atoms with Crippen molar-refractivity contribution >= 4 is 23.0 Å². The summed E-state index contributed by atoms with van der Waals surface area (Å²) >= 11 is 0.